The summed E-state index contributed by atoms with van der Waals surface area (Å²) in [7, 11) is 1.97. The normalized spacial score (nSPS) is 12.9. The van der Waals surface area contributed by atoms with Gasteiger partial charge in [0.05, 0.1) is 11.6 Å². The number of hydrogen-bond acceptors (Lipinski definition) is 3. The van der Waals surface area contributed by atoms with E-state index in [2.05, 4.69) is 18.8 Å². The third-order valence-electron chi connectivity index (χ3n) is 2.23. The minimum atomic E-state index is 0.401. The van der Waals surface area contributed by atoms with E-state index in [0.717, 1.165) is 12.1 Å². The maximum Gasteiger partial charge on any atom is 0.297 e. The first-order valence-corrected chi connectivity index (χ1v) is 4.95. The molecule has 0 aliphatic heterocycles. The summed E-state index contributed by atoms with van der Waals surface area (Å²) in [4.78, 5) is 6.23. The Morgan fingerprint density at radius 3 is 2.85 bits per heavy atom. The summed E-state index contributed by atoms with van der Waals surface area (Å²) < 4.78 is 5.27. The van der Waals surface area contributed by atoms with E-state index >= 15 is 0 Å². The zero-order valence-corrected chi connectivity index (χ0v) is 9.01. The summed E-state index contributed by atoms with van der Waals surface area (Å²) in [5.74, 6) is 0.401. The number of anilines is 1. The SMILES string of the molecule is CCC(C)N(C)c1nc(CCl)co1. The first kappa shape index (κ1) is 10.4. The molecule has 0 spiro atoms. The number of alkyl halides is 1. The van der Waals surface area contributed by atoms with Gasteiger partial charge < -0.3 is 9.32 Å². The molecule has 1 rings (SSSR count). The second-order valence-electron chi connectivity index (χ2n) is 3.12. The van der Waals surface area contributed by atoms with Crippen molar-refractivity contribution in [2.45, 2.75) is 32.2 Å². The Morgan fingerprint density at radius 1 is 1.69 bits per heavy atom. The molecule has 3 nitrogen and oxygen atoms in total. The highest BCUT2D eigenvalue weighted by molar-refractivity contribution is 6.16. The number of aromatic nitrogens is 1. The molecule has 13 heavy (non-hydrogen) atoms. The first-order chi connectivity index (χ1) is 6.19. The Balaban J connectivity index is 2.70. The molecule has 0 amide bonds. The van der Waals surface area contributed by atoms with Gasteiger partial charge in [0, 0.05) is 13.1 Å². The molecule has 0 aliphatic rings. The van der Waals surface area contributed by atoms with E-state index in [9.17, 15) is 0 Å². The van der Waals surface area contributed by atoms with Crippen molar-refractivity contribution >= 4 is 17.6 Å². The van der Waals surface area contributed by atoms with Crippen LogP contribution in [0.15, 0.2) is 10.7 Å². The van der Waals surface area contributed by atoms with Crippen molar-refractivity contribution in [3.8, 4) is 0 Å². The predicted octanol–water partition coefficient (Wildman–Crippen LogP) is 2.65. The summed E-state index contributed by atoms with van der Waals surface area (Å²) >= 11 is 5.62. The first-order valence-electron chi connectivity index (χ1n) is 4.42. The quantitative estimate of drug-likeness (QED) is 0.703. The summed E-state index contributed by atoms with van der Waals surface area (Å²) in [5.41, 5.74) is 0.784. The Bertz CT molecular complexity index is 262. The van der Waals surface area contributed by atoms with Gasteiger partial charge in [0.1, 0.15) is 6.26 Å². The molecule has 1 aromatic heterocycles. The van der Waals surface area contributed by atoms with Gasteiger partial charge in [-0.15, -0.1) is 11.6 Å². The average molecular weight is 203 g/mol. The van der Waals surface area contributed by atoms with E-state index in [0.29, 0.717) is 17.9 Å². The van der Waals surface area contributed by atoms with Crippen molar-refractivity contribution in [2.75, 3.05) is 11.9 Å². The number of oxazole rings is 1. The van der Waals surface area contributed by atoms with Crippen molar-refractivity contribution in [3.05, 3.63) is 12.0 Å². The lowest BCUT2D eigenvalue weighted by Crippen LogP contribution is -2.28. The van der Waals surface area contributed by atoms with Crippen LogP contribution in [0.2, 0.25) is 0 Å². The monoisotopic (exact) mass is 202 g/mol. The highest BCUT2D eigenvalue weighted by Crippen LogP contribution is 2.16. The van der Waals surface area contributed by atoms with Crippen molar-refractivity contribution in [2.24, 2.45) is 0 Å². The van der Waals surface area contributed by atoms with E-state index in [4.69, 9.17) is 16.0 Å². The number of hydrogen-bond donors (Lipinski definition) is 0. The molecule has 1 aromatic rings. The summed E-state index contributed by atoms with van der Waals surface area (Å²) in [6.07, 6.45) is 2.66. The second-order valence-corrected chi connectivity index (χ2v) is 3.39. The Morgan fingerprint density at radius 2 is 2.38 bits per heavy atom. The molecule has 1 unspecified atom stereocenters. The molecule has 74 valence electrons. The molecule has 0 aliphatic carbocycles. The molecule has 0 aromatic carbocycles. The van der Waals surface area contributed by atoms with E-state index in [1.165, 1.54) is 0 Å². The van der Waals surface area contributed by atoms with Crippen LogP contribution in [0.1, 0.15) is 26.0 Å². The molecule has 0 N–H and O–H groups in total. The molecule has 0 radical (unpaired) electrons. The van der Waals surface area contributed by atoms with Gasteiger partial charge in [0.2, 0.25) is 0 Å². The molecule has 0 bridgehead atoms. The third kappa shape index (κ3) is 2.37. The van der Waals surface area contributed by atoms with Crippen LogP contribution in [0.5, 0.6) is 0 Å². The van der Waals surface area contributed by atoms with Crippen LogP contribution in [0.4, 0.5) is 6.01 Å². The fraction of sp³-hybridized carbons (Fsp3) is 0.667. The Labute approximate surface area is 83.7 Å². The number of rotatable bonds is 4. The summed E-state index contributed by atoms with van der Waals surface area (Å²) in [6.45, 7) is 4.26. The molecular weight excluding hydrogens is 188 g/mol. The van der Waals surface area contributed by atoms with Crippen LogP contribution in [-0.4, -0.2) is 18.1 Å². The standard InChI is InChI=1S/C9H15ClN2O/c1-4-7(2)12(3)9-11-8(5-10)6-13-9/h6-7H,4-5H2,1-3H3. The van der Waals surface area contributed by atoms with Gasteiger partial charge in [-0.2, -0.15) is 4.98 Å². The maximum absolute atomic E-state index is 5.62. The molecule has 0 saturated heterocycles. The molecule has 1 heterocycles. The Hall–Kier alpha value is -0.700. The number of halogens is 1. The third-order valence-corrected chi connectivity index (χ3v) is 2.50. The zero-order chi connectivity index (χ0) is 9.84. The molecular formula is C9H15ClN2O. The van der Waals surface area contributed by atoms with Crippen LogP contribution in [0.25, 0.3) is 0 Å². The fourth-order valence-electron chi connectivity index (χ4n) is 0.982. The van der Waals surface area contributed by atoms with Gasteiger partial charge in [0.25, 0.3) is 6.01 Å². The van der Waals surface area contributed by atoms with E-state index < -0.39 is 0 Å². The van der Waals surface area contributed by atoms with Gasteiger partial charge in [-0.25, -0.2) is 0 Å². The van der Waals surface area contributed by atoms with Crippen molar-refractivity contribution in [1.29, 1.82) is 0 Å². The zero-order valence-electron chi connectivity index (χ0n) is 8.25. The molecule has 0 saturated carbocycles. The van der Waals surface area contributed by atoms with Gasteiger partial charge in [0.15, 0.2) is 0 Å². The lowest BCUT2D eigenvalue weighted by Gasteiger charge is -2.21. The van der Waals surface area contributed by atoms with E-state index in [1.807, 2.05) is 11.9 Å². The molecule has 0 fully saturated rings. The highest BCUT2D eigenvalue weighted by Gasteiger charge is 2.12. The van der Waals surface area contributed by atoms with Crippen LogP contribution in [0.3, 0.4) is 0 Å². The smallest absolute Gasteiger partial charge is 0.297 e. The second kappa shape index (κ2) is 4.51. The lowest BCUT2D eigenvalue weighted by molar-refractivity contribution is 0.516. The van der Waals surface area contributed by atoms with Crippen LogP contribution >= 0.6 is 11.6 Å². The maximum atomic E-state index is 5.62. The van der Waals surface area contributed by atoms with Gasteiger partial charge >= 0.3 is 0 Å². The minimum absolute atomic E-state index is 0.401. The van der Waals surface area contributed by atoms with Crippen molar-refractivity contribution in [3.63, 3.8) is 0 Å². The van der Waals surface area contributed by atoms with E-state index in [-0.39, 0.29) is 0 Å². The largest absolute Gasteiger partial charge is 0.432 e. The summed E-state index contributed by atoms with van der Waals surface area (Å²) in [5, 5.41) is 0. The van der Waals surface area contributed by atoms with E-state index in [1.54, 1.807) is 6.26 Å². The number of nitrogens with zero attached hydrogens (tertiary/aromatic N) is 2. The lowest BCUT2D eigenvalue weighted by atomic mass is 10.2. The van der Waals surface area contributed by atoms with Gasteiger partial charge in [-0.05, 0) is 13.3 Å². The molecule has 4 heteroatoms. The average Bonchev–Trinajstić information content (AvgIpc) is 2.63. The van der Waals surface area contributed by atoms with Crippen LogP contribution in [0, 0.1) is 0 Å². The van der Waals surface area contributed by atoms with Gasteiger partial charge in [-0.3, -0.25) is 0 Å². The van der Waals surface area contributed by atoms with Crippen molar-refractivity contribution in [1.82, 2.24) is 4.98 Å². The van der Waals surface area contributed by atoms with Crippen LogP contribution in [-0.2, 0) is 5.88 Å². The van der Waals surface area contributed by atoms with Gasteiger partial charge in [-0.1, -0.05) is 6.92 Å². The van der Waals surface area contributed by atoms with Crippen LogP contribution < -0.4 is 4.90 Å². The van der Waals surface area contributed by atoms with Crippen molar-refractivity contribution < 1.29 is 4.42 Å². The summed E-state index contributed by atoms with van der Waals surface area (Å²) in [6, 6.07) is 1.08. The topological polar surface area (TPSA) is 29.3 Å². The fourth-order valence-corrected chi connectivity index (χ4v) is 1.10. The predicted molar refractivity (Wildman–Crippen MR) is 54.2 cm³/mol. The minimum Gasteiger partial charge on any atom is -0.432 e. The molecule has 1 atom stereocenters. The Kier molecular flexibility index (Phi) is 3.60. The highest BCUT2D eigenvalue weighted by atomic mass is 35.5.